The number of rotatable bonds is 8. The molecule has 3 aromatic rings. The normalized spacial score (nSPS) is 11.4. The highest BCUT2D eigenvalue weighted by atomic mass is 16.2. The van der Waals surface area contributed by atoms with Gasteiger partial charge in [0, 0.05) is 19.7 Å². The standard InChI is InChI=1S/C28H30N4O2/c1-20(2)17-26(28(34)32(4)31(3)19-29)30-27(33)25-12-8-11-24(18-25)23-15-13-22(14-16-23)21-9-6-5-7-10-21/h5-16,18,20,26H,17H2,1-4H3,(H,30,33)/t26-/m0/s1. The fraction of sp³-hybridized carbons (Fsp3) is 0.250. The van der Waals surface area contributed by atoms with Crippen LogP contribution in [0.4, 0.5) is 0 Å². The van der Waals surface area contributed by atoms with Gasteiger partial charge in [0.1, 0.15) is 6.04 Å². The highest BCUT2D eigenvalue weighted by Crippen LogP contribution is 2.25. The van der Waals surface area contributed by atoms with Crippen molar-refractivity contribution in [1.29, 1.82) is 5.26 Å². The average Bonchev–Trinajstić information content (AvgIpc) is 2.87. The number of carbonyl (C=O) groups is 2. The Morgan fingerprint density at radius 1 is 0.853 bits per heavy atom. The first kappa shape index (κ1) is 24.5. The minimum atomic E-state index is -0.734. The van der Waals surface area contributed by atoms with Gasteiger partial charge in [-0.2, -0.15) is 5.26 Å². The van der Waals surface area contributed by atoms with Crippen LogP contribution in [-0.2, 0) is 4.79 Å². The van der Waals surface area contributed by atoms with Gasteiger partial charge in [-0.25, -0.2) is 10.0 Å². The molecule has 0 bridgehead atoms. The summed E-state index contributed by atoms with van der Waals surface area (Å²) in [5, 5.41) is 14.3. The van der Waals surface area contributed by atoms with Crippen molar-refractivity contribution in [1.82, 2.24) is 15.3 Å². The molecule has 0 aliphatic carbocycles. The quantitative estimate of drug-likeness (QED) is 0.297. The van der Waals surface area contributed by atoms with Crippen molar-refractivity contribution in [3.63, 3.8) is 0 Å². The van der Waals surface area contributed by atoms with Crippen LogP contribution in [0.1, 0.15) is 30.6 Å². The highest BCUT2D eigenvalue weighted by molar-refractivity contribution is 5.98. The van der Waals surface area contributed by atoms with E-state index in [1.807, 2.05) is 68.6 Å². The van der Waals surface area contributed by atoms with E-state index in [9.17, 15) is 9.59 Å². The summed E-state index contributed by atoms with van der Waals surface area (Å²) in [6.45, 7) is 3.97. The first-order valence-corrected chi connectivity index (χ1v) is 11.3. The zero-order chi connectivity index (χ0) is 24.7. The third-order valence-corrected chi connectivity index (χ3v) is 5.67. The first-order chi connectivity index (χ1) is 16.3. The minimum Gasteiger partial charge on any atom is -0.340 e. The van der Waals surface area contributed by atoms with Gasteiger partial charge in [0.15, 0.2) is 6.19 Å². The largest absolute Gasteiger partial charge is 0.340 e. The Morgan fingerprint density at radius 2 is 1.41 bits per heavy atom. The van der Waals surface area contributed by atoms with E-state index >= 15 is 0 Å². The van der Waals surface area contributed by atoms with Crippen molar-refractivity contribution in [2.45, 2.75) is 26.3 Å². The van der Waals surface area contributed by atoms with Crippen molar-refractivity contribution < 1.29 is 9.59 Å². The molecule has 0 saturated heterocycles. The fourth-order valence-electron chi connectivity index (χ4n) is 3.70. The van der Waals surface area contributed by atoms with Gasteiger partial charge in [0.2, 0.25) is 0 Å². The molecule has 6 nitrogen and oxygen atoms in total. The molecule has 1 atom stereocenters. The lowest BCUT2D eigenvalue weighted by atomic mass is 9.98. The summed E-state index contributed by atoms with van der Waals surface area (Å²) >= 11 is 0. The predicted molar refractivity (Wildman–Crippen MR) is 134 cm³/mol. The molecule has 0 spiro atoms. The number of nitriles is 1. The zero-order valence-electron chi connectivity index (χ0n) is 20.0. The maximum atomic E-state index is 13.1. The fourth-order valence-corrected chi connectivity index (χ4v) is 3.70. The SMILES string of the molecule is CC(C)C[C@H](NC(=O)c1cccc(-c2ccc(-c3ccccc3)cc2)c1)C(=O)N(C)N(C)C#N. The van der Waals surface area contributed by atoms with E-state index in [4.69, 9.17) is 5.26 Å². The number of nitrogens with one attached hydrogen (secondary N) is 1. The van der Waals surface area contributed by atoms with Crippen LogP contribution in [0, 0.1) is 17.4 Å². The Hall–Kier alpha value is -4.11. The second kappa shape index (κ2) is 11.2. The number of nitrogens with zero attached hydrogens (tertiary/aromatic N) is 3. The summed E-state index contributed by atoms with van der Waals surface area (Å²) < 4.78 is 0. The van der Waals surface area contributed by atoms with Crippen molar-refractivity contribution in [3.8, 4) is 28.4 Å². The van der Waals surface area contributed by atoms with Crippen molar-refractivity contribution in [2.24, 2.45) is 5.92 Å². The molecule has 34 heavy (non-hydrogen) atoms. The molecular formula is C28H30N4O2. The molecule has 0 radical (unpaired) electrons. The monoisotopic (exact) mass is 454 g/mol. The summed E-state index contributed by atoms with van der Waals surface area (Å²) in [4.78, 5) is 26.0. The highest BCUT2D eigenvalue weighted by Gasteiger charge is 2.27. The third-order valence-electron chi connectivity index (χ3n) is 5.67. The Balaban J connectivity index is 1.79. The van der Waals surface area contributed by atoms with E-state index in [1.165, 1.54) is 19.1 Å². The molecule has 3 rings (SSSR count). The molecule has 0 unspecified atom stereocenters. The summed E-state index contributed by atoms with van der Waals surface area (Å²) in [7, 11) is 3.02. The van der Waals surface area contributed by atoms with Gasteiger partial charge in [-0.15, -0.1) is 0 Å². The second-order valence-corrected chi connectivity index (χ2v) is 8.67. The molecule has 0 aliphatic heterocycles. The summed E-state index contributed by atoms with van der Waals surface area (Å²) in [6.07, 6.45) is 2.37. The summed E-state index contributed by atoms with van der Waals surface area (Å²) in [5.74, 6) is -0.474. The molecule has 0 aromatic heterocycles. The molecule has 0 aliphatic rings. The number of carbonyl (C=O) groups excluding carboxylic acids is 2. The van der Waals surface area contributed by atoms with E-state index in [1.54, 1.807) is 6.07 Å². The van der Waals surface area contributed by atoms with Gasteiger partial charge in [0.05, 0.1) is 0 Å². The van der Waals surface area contributed by atoms with Gasteiger partial charge >= 0.3 is 0 Å². The van der Waals surface area contributed by atoms with Gasteiger partial charge in [-0.3, -0.25) is 9.59 Å². The Kier molecular flexibility index (Phi) is 8.05. The molecule has 0 heterocycles. The van der Waals surface area contributed by atoms with Crippen LogP contribution in [0.2, 0.25) is 0 Å². The maximum Gasteiger partial charge on any atom is 0.263 e. The van der Waals surface area contributed by atoms with Crippen molar-refractivity contribution in [2.75, 3.05) is 14.1 Å². The molecule has 1 N–H and O–H groups in total. The number of hydrazine groups is 1. The predicted octanol–water partition coefficient (Wildman–Crippen LogP) is 4.95. The second-order valence-electron chi connectivity index (χ2n) is 8.67. The molecule has 3 aromatic carbocycles. The summed E-state index contributed by atoms with van der Waals surface area (Å²) in [5.41, 5.74) is 4.66. The molecule has 174 valence electrons. The van der Waals surface area contributed by atoms with E-state index in [2.05, 4.69) is 29.6 Å². The van der Waals surface area contributed by atoms with Crippen LogP contribution in [0.25, 0.3) is 22.3 Å². The minimum absolute atomic E-state index is 0.185. The molecule has 6 heteroatoms. The average molecular weight is 455 g/mol. The van der Waals surface area contributed by atoms with Crippen LogP contribution >= 0.6 is 0 Å². The summed E-state index contributed by atoms with van der Waals surface area (Å²) in [6, 6.07) is 25.0. The number of amides is 2. The number of hydrogen-bond acceptors (Lipinski definition) is 4. The van der Waals surface area contributed by atoms with E-state index < -0.39 is 6.04 Å². The van der Waals surface area contributed by atoms with Gasteiger partial charge in [-0.05, 0) is 46.7 Å². The molecule has 2 amide bonds. The Morgan fingerprint density at radius 3 is 2.00 bits per heavy atom. The first-order valence-electron chi connectivity index (χ1n) is 11.3. The van der Waals surface area contributed by atoms with E-state index in [0.717, 1.165) is 27.3 Å². The third kappa shape index (κ3) is 6.02. The Bertz CT molecular complexity index is 1170. The maximum absolute atomic E-state index is 13.1. The lowest BCUT2D eigenvalue weighted by Gasteiger charge is -2.28. The van der Waals surface area contributed by atoms with Crippen LogP contribution in [0.3, 0.4) is 0 Å². The van der Waals surface area contributed by atoms with Crippen LogP contribution in [0.5, 0.6) is 0 Å². The van der Waals surface area contributed by atoms with Crippen molar-refractivity contribution >= 4 is 11.8 Å². The number of benzene rings is 3. The Labute approximate surface area is 201 Å². The van der Waals surface area contributed by atoms with Gasteiger partial charge in [0.25, 0.3) is 11.8 Å². The molecular weight excluding hydrogens is 424 g/mol. The molecule has 0 fully saturated rings. The topological polar surface area (TPSA) is 76.4 Å². The smallest absolute Gasteiger partial charge is 0.263 e. The van der Waals surface area contributed by atoms with Gasteiger partial charge < -0.3 is 5.32 Å². The van der Waals surface area contributed by atoms with Crippen LogP contribution in [-0.4, -0.2) is 42.0 Å². The van der Waals surface area contributed by atoms with E-state index in [-0.39, 0.29) is 17.7 Å². The number of likely N-dealkylation sites (N-methyl/N-ethyl adjacent to an activating group) is 1. The van der Waals surface area contributed by atoms with E-state index in [0.29, 0.717) is 12.0 Å². The zero-order valence-corrected chi connectivity index (χ0v) is 20.0. The number of hydrogen-bond donors (Lipinski definition) is 1. The van der Waals surface area contributed by atoms with Crippen LogP contribution in [0.15, 0.2) is 78.9 Å². The molecule has 0 saturated carbocycles. The van der Waals surface area contributed by atoms with Crippen LogP contribution < -0.4 is 5.32 Å². The lowest BCUT2D eigenvalue weighted by molar-refractivity contribution is -0.142. The van der Waals surface area contributed by atoms with Crippen molar-refractivity contribution in [3.05, 3.63) is 84.4 Å². The van der Waals surface area contributed by atoms with Gasteiger partial charge in [-0.1, -0.05) is 80.6 Å². The lowest BCUT2D eigenvalue weighted by Crippen LogP contribution is -2.51.